The number of piperidine rings is 1. The smallest absolute Gasteiger partial charge is 0.236 e. The molecule has 2 unspecified atom stereocenters. The van der Waals surface area contributed by atoms with Crippen molar-refractivity contribution in [2.75, 3.05) is 25.4 Å². The number of hydrogen-bond donors (Lipinski definition) is 2. The Bertz CT molecular complexity index is 393. The van der Waals surface area contributed by atoms with E-state index in [0.717, 1.165) is 19.4 Å². The highest BCUT2D eigenvalue weighted by molar-refractivity contribution is 7.89. The summed E-state index contributed by atoms with van der Waals surface area (Å²) in [5.41, 5.74) is 0. The van der Waals surface area contributed by atoms with Crippen LogP contribution in [0.3, 0.4) is 0 Å². The van der Waals surface area contributed by atoms with Gasteiger partial charge in [-0.05, 0) is 26.3 Å². The van der Waals surface area contributed by atoms with E-state index >= 15 is 0 Å². The van der Waals surface area contributed by atoms with Crippen molar-refractivity contribution in [1.82, 2.24) is 14.9 Å². The van der Waals surface area contributed by atoms with E-state index in [2.05, 4.69) is 10.6 Å². The number of amides is 1. The Hall–Kier alpha value is -0.660. The molecule has 0 aliphatic carbocycles. The van der Waals surface area contributed by atoms with Crippen LogP contribution in [-0.4, -0.2) is 56.1 Å². The summed E-state index contributed by atoms with van der Waals surface area (Å²) in [6.45, 7) is 7.29. The third-order valence-corrected chi connectivity index (χ3v) is 5.45. The maximum absolute atomic E-state index is 12.0. The van der Waals surface area contributed by atoms with Gasteiger partial charge in [-0.2, -0.15) is 0 Å². The fourth-order valence-electron chi connectivity index (χ4n) is 2.36. The molecule has 2 atom stereocenters. The lowest BCUT2D eigenvalue weighted by atomic mass is 10.00. The molecule has 0 spiro atoms. The zero-order valence-corrected chi connectivity index (χ0v) is 12.8. The minimum Gasteiger partial charge on any atom is -0.351 e. The molecule has 1 aliphatic rings. The van der Waals surface area contributed by atoms with Crippen molar-refractivity contribution in [3.63, 3.8) is 0 Å². The number of nitrogens with one attached hydrogen (secondary N) is 2. The molecule has 1 rings (SSSR count). The molecule has 0 bridgehead atoms. The Kier molecular flexibility index (Phi) is 6.22. The van der Waals surface area contributed by atoms with E-state index in [1.165, 1.54) is 4.31 Å². The van der Waals surface area contributed by atoms with E-state index in [1.54, 1.807) is 13.8 Å². The monoisotopic (exact) mass is 291 g/mol. The van der Waals surface area contributed by atoms with Crippen LogP contribution in [0.4, 0.5) is 0 Å². The summed E-state index contributed by atoms with van der Waals surface area (Å²) in [4.78, 5) is 11.9. The van der Waals surface area contributed by atoms with E-state index < -0.39 is 21.7 Å². The summed E-state index contributed by atoms with van der Waals surface area (Å²) >= 11 is 0. The number of sulfonamides is 1. The predicted molar refractivity (Wildman–Crippen MR) is 75.3 cm³/mol. The van der Waals surface area contributed by atoms with Crippen LogP contribution in [0.15, 0.2) is 0 Å². The molecule has 0 aromatic heterocycles. The SMILES string of the molecule is CCN(CC)S(=O)(=O)CC(=O)NC1CCCNC1C. The summed E-state index contributed by atoms with van der Waals surface area (Å²) in [6, 6.07) is 0.210. The summed E-state index contributed by atoms with van der Waals surface area (Å²) in [5.74, 6) is -0.870. The largest absolute Gasteiger partial charge is 0.351 e. The Morgan fingerprint density at radius 1 is 1.37 bits per heavy atom. The van der Waals surface area contributed by atoms with E-state index in [0.29, 0.717) is 13.1 Å². The number of hydrogen-bond acceptors (Lipinski definition) is 4. The summed E-state index contributed by atoms with van der Waals surface area (Å²) in [6.07, 6.45) is 1.89. The predicted octanol–water partition coefficient (Wildman–Crippen LogP) is -0.0853. The van der Waals surface area contributed by atoms with Crippen molar-refractivity contribution in [3.05, 3.63) is 0 Å². The minimum atomic E-state index is -3.49. The van der Waals surface area contributed by atoms with Gasteiger partial charge in [-0.1, -0.05) is 13.8 Å². The van der Waals surface area contributed by atoms with Crippen LogP contribution in [0.1, 0.15) is 33.6 Å². The molecule has 0 aromatic carbocycles. The van der Waals surface area contributed by atoms with E-state index in [4.69, 9.17) is 0 Å². The lowest BCUT2D eigenvalue weighted by Gasteiger charge is -2.30. The first-order chi connectivity index (χ1) is 8.90. The van der Waals surface area contributed by atoms with Crippen LogP contribution < -0.4 is 10.6 Å². The third kappa shape index (κ3) is 4.74. The highest BCUT2D eigenvalue weighted by atomic mass is 32.2. The standard InChI is InChI=1S/C12H25N3O3S/c1-4-15(5-2)19(17,18)9-12(16)14-11-7-6-8-13-10(11)3/h10-11,13H,4-9H2,1-3H3,(H,14,16). The molecule has 1 saturated heterocycles. The van der Waals surface area contributed by atoms with Gasteiger partial charge in [0, 0.05) is 25.2 Å². The fraction of sp³-hybridized carbons (Fsp3) is 0.917. The maximum Gasteiger partial charge on any atom is 0.236 e. The second-order valence-electron chi connectivity index (χ2n) is 4.90. The minimum absolute atomic E-state index is 0.0214. The highest BCUT2D eigenvalue weighted by Gasteiger charge is 2.27. The number of nitrogens with zero attached hydrogens (tertiary/aromatic N) is 1. The lowest BCUT2D eigenvalue weighted by Crippen LogP contribution is -2.53. The normalized spacial score (nSPS) is 24.4. The molecule has 1 amide bonds. The average molecular weight is 291 g/mol. The van der Waals surface area contributed by atoms with Gasteiger partial charge in [0.2, 0.25) is 15.9 Å². The first-order valence-corrected chi connectivity index (χ1v) is 8.52. The van der Waals surface area contributed by atoms with Crippen LogP contribution in [-0.2, 0) is 14.8 Å². The van der Waals surface area contributed by atoms with E-state index in [9.17, 15) is 13.2 Å². The molecule has 0 saturated carbocycles. The Morgan fingerprint density at radius 2 is 2.00 bits per heavy atom. The number of carbonyl (C=O) groups excluding carboxylic acids is 1. The molecule has 1 heterocycles. The average Bonchev–Trinajstić information content (AvgIpc) is 2.32. The third-order valence-electron chi connectivity index (χ3n) is 3.52. The van der Waals surface area contributed by atoms with Gasteiger partial charge in [-0.25, -0.2) is 12.7 Å². The van der Waals surface area contributed by atoms with E-state index in [-0.39, 0.29) is 12.1 Å². The van der Waals surface area contributed by atoms with Crippen molar-refractivity contribution in [1.29, 1.82) is 0 Å². The Labute approximate surface area is 116 Å². The molecule has 2 N–H and O–H groups in total. The quantitative estimate of drug-likeness (QED) is 0.717. The van der Waals surface area contributed by atoms with Crippen molar-refractivity contribution in [2.24, 2.45) is 0 Å². The van der Waals surface area contributed by atoms with E-state index in [1.807, 2.05) is 6.92 Å². The Balaban J connectivity index is 2.55. The number of carbonyl (C=O) groups is 1. The van der Waals surface area contributed by atoms with Gasteiger partial charge < -0.3 is 10.6 Å². The van der Waals surface area contributed by atoms with Crippen LogP contribution >= 0.6 is 0 Å². The van der Waals surface area contributed by atoms with Crippen LogP contribution in [0.5, 0.6) is 0 Å². The molecule has 0 aromatic rings. The zero-order valence-electron chi connectivity index (χ0n) is 12.0. The lowest BCUT2D eigenvalue weighted by molar-refractivity contribution is -0.119. The van der Waals surface area contributed by atoms with Gasteiger partial charge in [0.25, 0.3) is 0 Å². The molecule has 7 heteroatoms. The molecular weight excluding hydrogens is 266 g/mol. The highest BCUT2D eigenvalue weighted by Crippen LogP contribution is 2.08. The van der Waals surface area contributed by atoms with Crippen molar-refractivity contribution in [2.45, 2.75) is 45.7 Å². The van der Waals surface area contributed by atoms with Crippen molar-refractivity contribution < 1.29 is 13.2 Å². The van der Waals surface area contributed by atoms with Crippen LogP contribution in [0, 0.1) is 0 Å². The molecule has 1 fully saturated rings. The Morgan fingerprint density at radius 3 is 2.53 bits per heavy atom. The van der Waals surface area contributed by atoms with Gasteiger partial charge in [0.15, 0.2) is 0 Å². The summed E-state index contributed by atoms with van der Waals surface area (Å²) < 4.78 is 25.3. The summed E-state index contributed by atoms with van der Waals surface area (Å²) in [7, 11) is -3.49. The second-order valence-corrected chi connectivity index (χ2v) is 6.87. The number of rotatable bonds is 6. The molecular formula is C12H25N3O3S. The molecule has 0 radical (unpaired) electrons. The first-order valence-electron chi connectivity index (χ1n) is 6.91. The van der Waals surface area contributed by atoms with Gasteiger partial charge in [-0.3, -0.25) is 4.79 Å². The second kappa shape index (κ2) is 7.21. The molecule has 1 aliphatic heterocycles. The van der Waals surface area contributed by atoms with Gasteiger partial charge in [0.1, 0.15) is 5.75 Å². The van der Waals surface area contributed by atoms with Gasteiger partial charge >= 0.3 is 0 Å². The maximum atomic E-state index is 12.0. The molecule has 6 nitrogen and oxygen atoms in total. The first kappa shape index (κ1) is 16.4. The van der Waals surface area contributed by atoms with Gasteiger partial charge in [0.05, 0.1) is 0 Å². The van der Waals surface area contributed by atoms with Crippen LogP contribution in [0.25, 0.3) is 0 Å². The van der Waals surface area contributed by atoms with Crippen LogP contribution in [0.2, 0.25) is 0 Å². The topological polar surface area (TPSA) is 78.5 Å². The molecule has 112 valence electrons. The van der Waals surface area contributed by atoms with Gasteiger partial charge in [-0.15, -0.1) is 0 Å². The molecule has 19 heavy (non-hydrogen) atoms. The summed E-state index contributed by atoms with van der Waals surface area (Å²) in [5, 5.41) is 6.09. The van der Waals surface area contributed by atoms with Crippen molar-refractivity contribution in [3.8, 4) is 0 Å². The van der Waals surface area contributed by atoms with Crippen molar-refractivity contribution >= 4 is 15.9 Å². The fourth-order valence-corrected chi connectivity index (χ4v) is 3.75. The zero-order chi connectivity index (χ0) is 14.5.